The van der Waals surface area contributed by atoms with Gasteiger partial charge in [-0.2, -0.15) is 0 Å². The maximum absolute atomic E-state index is 5.15. The van der Waals surface area contributed by atoms with Gasteiger partial charge in [0.15, 0.2) is 8.68 Å². The Labute approximate surface area is 132 Å². The maximum atomic E-state index is 5.15. The number of benzene rings is 1. The quantitative estimate of drug-likeness (QED) is 0.517. The molecule has 2 aromatic rings. The molecule has 1 aromatic carbocycles. The Morgan fingerprint density at radius 3 is 2.45 bits per heavy atom. The van der Waals surface area contributed by atoms with Crippen LogP contribution in [-0.4, -0.2) is 23.1 Å². The molecule has 3 nitrogen and oxygen atoms in total. The molecule has 0 aliphatic rings. The Balaban J connectivity index is 1.81. The van der Waals surface area contributed by atoms with E-state index >= 15 is 0 Å². The zero-order valence-electron chi connectivity index (χ0n) is 11.7. The number of aromatic nitrogens is 2. The van der Waals surface area contributed by atoms with Crippen LogP contribution in [0.5, 0.6) is 5.75 Å². The lowest BCUT2D eigenvalue weighted by molar-refractivity contribution is 0.414. The third-order valence-electron chi connectivity index (χ3n) is 2.63. The van der Waals surface area contributed by atoms with Crippen molar-refractivity contribution in [3.05, 3.63) is 29.8 Å². The van der Waals surface area contributed by atoms with Crippen molar-refractivity contribution in [3.63, 3.8) is 0 Å². The van der Waals surface area contributed by atoms with Crippen LogP contribution in [0.4, 0.5) is 0 Å². The van der Waals surface area contributed by atoms with Gasteiger partial charge in [0.25, 0.3) is 0 Å². The highest BCUT2D eigenvalue weighted by Crippen LogP contribution is 2.31. The SMILES string of the molecule is CCCCSc1nnc(SCc2ccc(OC)cc2)s1. The predicted octanol–water partition coefficient (Wildman–Crippen LogP) is 4.73. The second kappa shape index (κ2) is 8.54. The number of rotatable bonds is 8. The lowest BCUT2D eigenvalue weighted by atomic mass is 10.2. The Morgan fingerprint density at radius 1 is 1.10 bits per heavy atom. The third-order valence-corrected chi connectivity index (χ3v) is 5.98. The molecule has 0 bridgehead atoms. The van der Waals surface area contributed by atoms with Gasteiger partial charge in [-0.1, -0.05) is 60.3 Å². The first-order chi connectivity index (χ1) is 9.81. The minimum absolute atomic E-state index is 0.893. The Kier molecular flexibility index (Phi) is 6.69. The summed E-state index contributed by atoms with van der Waals surface area (Å²) in [5, 5.41) is 8.45. The molecule has 1 aromatic heterocycles. The number of methoxy groups -OCH3 is 1. The fourth-order valence-corrected chi connectivity index (χ4v) is 4.61. The number of nitrogens with zero attached hydrogens (tertiary/aromatic N) is 2. The van der Waals surface area contributed by atoms with Crippen LogP contribution in [0, 0.1) is 0 Å². The molecule has 0 unspecified atom stereocenters. The highest BCUT2D eigenvalue weighted by Gasteiger charge is 2.05. The van der Waals surface area contributed by atoms with Crippen molar-refractivity contribution in [3.8, 4) is 5.75 Å². The summed E-state index contributed by atoms with van der Waals surface area (Å²) in [4.78, 5) is 0. The summed E-state index contributed by atoms with van der Waals surface area (Å²) < 4.78 is 7.27. The van der Waals surface area contributed by atoms with Crippen LogP contribution < -0.4 is 4.74 Å². The molecule has 0 aliphatic carbocycles. The van der Waals surface area contributed by atoms with Gasteiger partial charge in [0.2, 0.25) is 0 Å². The minimum Gasteiger partial charge on any atom is -0.497 e. The van der Waals surface area contributed by atoms with E-state index in [1.807, 2.05) is 23.9 Å². The summed E-state index contributed by atoms with van der Waals surface area (Å²) in [6.45, 7) is 2.21. The average Bonchev–Trinajstić information content (AvgIpc) is 2.94. The first kappa shape index (κ1) is 15.7. The summed E-state index contributed by atoms with van der Waals surface area (Å²) in [6, 6.07) is 8.15. The molecule has 1 heterocycles. The van der Waals surface area contributed by atoms with Gasteiger partial charge in [-0.25, -0.2) is 0 Å². The standard InChI is InChI=1S/C14H18N2OS3/c1-3-4-9-18-13-15-16-14(20-13)19-10-11-5-7-12(17-2)8-6-11/h5-8H,3-4,9-10H2,1-2H3. The van der Waals surface area contributed by atoms with E-state index in [0.29, 0.717) is 0 Å². The van der Waals surface area contributed by atoms with Crippen LogP contribution in [-0.2, 0) is 5.75 Å². The normalized spacial score (nSPS) is 10.7. The smallest absolute Gasteiger partial charge is 0.175 e. The van der Waals surface area contributed by atoms with E-state index in [0.717, 1.165) is 25.9 Å². The van der Waals surface area contributed by atoms with Gasteiger partial charge in [-0.3, -0.25) is 0 Å². The second-order valence-corrected chi connectivity index (χ2v) is 7.71. The fraction of sp³-hybridized carbons (Fsp3) is 0.429. The molecule has 0 aliphatic heterocycles. The van der Waals surface area contributed by atoms with Gasteiger partial charge in [-0.05, 0) is 24.1 Å². The molecule has 0 amide bonds. The molecule has 0 fully saturated rings. The summed E-state index contributed by atoms with van der Waals surface area (Å²) in [7, 11) is 1.68. The molecule has 0 N–H and O–H groups in total. The van der Waals surface area contributed by atoms with E-state index in [2.05, 4.69) is 29.3 Å². The number of unbranched alkanes of at least 4 members (excludes halogenated alkanes) is 1. The van der Waals surface area contributed by atoms with Crippen LogP contribution in [0.1, 0.15) is 25.3 Å². The van der Waals surface area contributed by atoms with Gasteiger partial charge in [-0.15, -0.1) is 10.2 Å². The van der Waals surface area contributed by atoms with Gasteiger partial charge in [0.05, 0.1) is 7.11 Å². The number of hydrogen-bond donors (Lipinski definition) is 0. The highest BCUT2D eigenvalue weighted by molar-refractivity contribution is 8.02. The number of ether oxygens (including phenoxy) is 1. The maximum Gasteiger partial charge on any atom is 0.175 e. The summed E-state index contributed by atoms with van der Waals surface area (Å²) >= 11 is 5.23. The highest BCUT2D eigenvalue weighted by atomic mass is 32.2. The Hall–Kier alpha value is -0.720. The van der Waals surface area contributed by atoms with E-state index < -0.39 is 0 Å². The first-order valence-electron chi connectivity index (χ1n) is 6.54. The van der Waals surface area contributed by atoms with Gasteiger partial charge < -0.3 is 4.74 Å². The van der Waals surface area contributed by atoms with Gasteiger partial charge in [0.1, 0.15) is 5.75 Å². The first-order valence-corrected chi connectivity index (χ1v) is 9.32. The molecule has 0 spiro atoms. The Bertz CT molecular complexity index is 513. The van der Waals surface area contributed by atoms with Crippen molar-refractivity contribution in [2.24, 2.45) is 0 Å². The predicted molar refractivity (Wildman–Crippen MR) is 88.1 cm³/mol. The van der Waals surface area contributed by atoms with E-state index in [9.17, 15) is 0 Å². The van der Waals surface area contributed by atoms with Crippen LogP contribution in [0.2, 0.25) is 0 Å². The van der Waals surface area contributed by atoms with Gasteiger partial charge in [0, 0.05) is 11.5 Å². The van der Waals surface area contributed by atoms with Crippen molar-refractivity contribution in [1.29, 1.82) is 0 Å². The number of hydrogen-bond acceptors (Lipinski definition) is 6. The Morgan fingerprint density at radius 2 is 1.80 bits per heavy atom. The molecule has 0 atom stereocenters. The van der Waals surface area contributed by atoms with Crippen molar-refractivity contribution < 1.29 is 4.74 Å². The van der Waals surface area contributed by atoms with Crippen LogP contribution in [0.25, 0.3) is 0 Å². The van der Waals surface area contributed by atoms with Crippen molar-refractivity contribution >= 4 is 34.9 Å². The molecule has 20 heavy (non-hydrogen) atoms. The van der Waals surface area contributed by atoms with Gasteiger partial charge >= 0.3 is 0 Å². The van der Waals surface area contributed by atoms with Crippen LogP contribution in [0.3, 0.4) is 0 Å². The largest absolute Gasteiger partial charge is 0.497 e. The van der Waals surface area contributed by atoms with E-state index in [1.54, 1.807) is 30.2 Å². The van der Waals surface area contributed by atoms with E-state index in [-0.39, 0.29) is 0 Å². The fourth-order valence-electron chi connectivity index (χ4n) is 1.48. The third kappa shape index (κ3) is 5.00. The zero-order valence-corrected chi connectivity index (χ0v) is 14.1. The van der Waals surface area contributed by atoms with Crippen LogP contribution in [0.15, 0.2) is 32.9 Å². The molecular weight excluding hydrogens is 308 g/mol. The molecule has 2 rings (SSSR count). The average molecular weight is 327 g/mol. The van der Waals surface area contributed by atoms with E-state index in [1.165, 1.54) is 18.4 Å². The van der Waals surface area contributed by atoms with Crippen molar-refractivity contribution in [2.75, 3.05) is 12.9 Å². The molecule has 0 saturated heterocycles. The van der Waals surface area contributed by atoms with Crippen LogP contribution >= 0.6 is 34.9 Å². The molecule has 108 valence electrons. The topological polar surface area (TPSA) is 35.0 Å². The lowest BCUT2D eigenvalue weighted by Gasteiger charge is -2.01. The second-order valence-electron chi connectivity index (χ2n) is 4.17. The molecular formula is C14H18N2OS3. The summed E-state index contributed by atoms with van der Waals surface area (Å²) in [6.07, 6.45) is 2.46. The summed E-state index contributed by atoms with van der Waals surface area (Å²) in [5.41, 5.74) is 1.27. The lowest BCUT2D eigenvalue weighted by Crippen LogP contribution is -1.84. The monoisotopic (exact) mass is 326 g/mol. The molecule has 0 saturated carbocycles. The molecule has 6 heteroatoms. The van der Waals surface area contributed by atoms with Crippen molar-refractivity contribution in [2.45, 2.75) is 34.2 Å². The minimum atomic E-state index is 0.893. The van der Waals surface area contributed by atoms with E-state index in [4.69, 9.17) is 4.74 Å². The summed E-state index contributed by atoms with van der Waals surface area (Å²) in [5.74, 6) is 2.94. The molecule has 0 radical (unpaired) electrons. The number of thioether (sulfide) groups is 2. The zero-order chi connectivity index (χ0) is 14.2. The van der Waals surface area contributed by atoms with Crippen molar-refractivity contribution in [1.82, 2.24) is 10.2 Å².